The highest BCUT2D eigenvalue weighted by molar-refractivity contribution is 7.99. The molecule has 0 radical (unpaired) electrons. The quantitative estimate of drug-likeness (QED) is 0.122. The Morgan fingerprint density at radius 2 is 0.800 bits per heavy atom. The van der Waals surface area contributed by atoms with Gasteiger partial charge >= 0.3 is 11.9 Å². The van der Waals surface area contributed by atoms with Gasteiger partial charge in [-0.05, 0) is 99.9 Å². The first-order chi connectivity index (χ1) is 19.3. The molecular formula is C34H54NO4S+. The van der Waals surface area contributed by atoms with Crippen LogP contribution in [0.3, 0.4) is 0 Å². The Balaban J connectivity index is 0.000000401. The van der Waals surface area contributed by atoms with Gasteiger partial charge in [0, 0.05) is 9.79 Å². The van der Waals surface area contributed by atoms with E-state index in [2.05, 4.69) is 27.7 Å². The minimum absolute atomic E-state index is 0.241. The second-order valence-electron chi connectivity index (χ2n) is 10.8. The van der Waals surface area contributed by atoms with Crippen LogP contribution in [0.1, 0.15) is 125 Å². The number of quaternary nitrogens is 1. The van der Waals surface area contributed by atoms with Crippen LogP contribution >= 0.6 is 11.8 Å². The minimum atomic E-state index is -0.956. The zero-order valence-corrected chi connectivity index (χ0v) is 26.3. The van der Waals surface area contributed by atoms with E-state index < -0.39 is 11.9 Å². The second-order valence-corrected chi connectivity index (χ2v) is 12.0. The van der Waals surface area contributed by atoms with Gasteiger partial charge in [0.1, 0.15) is 0 Å². The van der Waals surface area contributed by atoms with Gasteiger partial charge in [-0.15, -0.1) is 0 Å². The third kappa shape index (κ3) is 14.9. The van der Waals surface area contributed by atoms with E-state index in [1.165, 1.54) is 144 Å². The van der Waals surface area contributed by atoms with Crippen molar-refractivity contribution in [3.8, 4) is 0 Å². The summed E-state index contributed by atoms with van der Waals surface area (Å²) in [5.74, 6) is -1.91. The van der Waals surface area contributed by atoms with E-state index in [-0.39, 0.29) is 11.1 Å². The van der Waals surface area contributed by atoms with Crippen molar-refractivity contribution < 1.29 is 24.3 Å². The van der Waals surface area contributed by atoms with Crippen LogP contribution < -0.4 is 0 Å². The van der Waals surface area contributed by atoms with Crippen LogP contribution in [0.25, 0.3) is 0 Å². The van der Waals surface area contributed by atoms with Crippen molar-refractivity contribution in [2.45, 2.75) is 115 Å². The van der Waals surface area contributed by atoms with Gasteiger partial charge in [-0.2, -0.15) is 0 Å². The lowest BCUT2D eigenvalue weighted by atomic mass is 10.1. The number of rotatable bonds is 20. The van der Waals surface area contributed by atoms with E-state index in [1.54, 1.807) is 24.3 Å². The van der Waals surface area contributed by atoms with E-state index in [4.69, 9.17) is 10.2 Å². The van der Waals surface area contributed by atoms with Crippen LogP contribution in [0.5, 0.6) is 0 Å². The van der Waals surface area contributed by atoms with Crippen LogP contribution in [0.4, 0.5) is 0 Å². The number of nitrogens with zero attached hydrogens (tertiary/aromatic N) is 1. The lowest BCUT2D eigenvalue weighted by Crippen LogP contribution is -2.50. The zero-order chi connectivity index (χ0) is 29.6. The van der Waals surface area contributed by atoms with Gasteiger partial charge in [-0.3, -0.25) is 0 Å². The maximum absolute atomic E-state index is 10.7. The number of unbranched alkanes of at least 4 members (excludes halogenated alkanes) is 8. The summed E-state index contributed by atoms with van der Waals surface area (Å²) in [7, 11) is 0. The average molecular weight is 573 g/mol. The average Bonchev–Trinajstić information content (AvgIpc) is 2.94. The monoisotopic (exact) mass is 572 g/mol. The van der Waals surface area contributed by atoms with E-state index in [0.717, 1.165) is 9.79 Å². The molecule has 40 heavy (non-hydrogen) atoms. The number of carbonyl (C=O) groups is 2. The minimum Gasteiger partial charge on any atom is -0.478 e. The van der Waals surface area contributed by atoms with Crippen LogP contribution in [-0.4, -0.2) is 52.8 Å². The molecule has 0 fully saturated rings. The lowest BCUT2D eigenvalue weighted by molar-refractivity contribution is -0.929. The van der Waals surface area contributed by atoms with Crippen molar-refractivity contribution in [3.05, 3.63) is 59.7 Å². The molecule has 0 bridgehead atoms. The Kier molecular flexibility index (Phi) is 19.1. The molecule has 0 atom stereocenters. The molecule has 0 saturated heterocycles. The van der Waals surface area contributed by atoms with Gasteiger partial charge in [0.25, 0.3) is 0 Å². The molecule has 6 heteroatoms. The third-order valence-corrected chi connectivity index (χ3v) is 8.40. The van der Waals surface area contributed by atoms with Gasteiger partial charge in [-0.1, -0.05) is 65.1 Å². The first kappa shape index (κ1) is 35.7. The molecule has 0 aromatic heterocycles. The Morgan fingerprint density at radius 3 is 1.02 bits per heavy atom. The number of benzene rings is 2. The molecule has 0 spiro atoms. The summed E-state index contributed by atoms with van der Waals surface area (Å²) >= 11 is 1.44. The molecule has 2 rings (SSSR count). The van der Waals surface area contributed by atoms with Crippen molar-refractivity contribution in [2.24, 2.45) is 0 Å². The molecule has 2 aromatic carbocycles. The number of hydrogen-bond donors (Lipinski definition) is 2. The summed E-state index contributed by atoms with van der Waals surface area (Å²) in [6.07, 6.45) is 16.9. The van der Waals surface area contributed by atoms with E-state index in [0.29, 0.717) is 0 Å². The van der Waals surface area contributed by atoms with Crippen molar-refractivity contribution in [1.82, 2.24) is 0 Å². The smallest absolute Gasteiger partial charge is 0.335 e. The van der Waals surface area contributed by atoms with Gasteiger partial charge in [-0.25, -0.2) is 9.59 Å². The van der Waals surface area contributed by atoms with Crippen molar-refractivity contribution in [3.63, 3.8) is 0 Å². The zero-order valence-electron chi connectivity index (χ0n) is 25.5. The van der Waals surface area contributed by atoms with Crippen LogP contribution in [0, 0.1) is 0 Å². The maximum atomic E-state index is 10.7. The highest BCUT2D eigenvalue weighted by Crippen LogP contribution is 2.28. The topological polar surface area (TPSA) is 74.6 Å². The highest BCUT2D eigenvalue weighted by atomic mass is 32.2. The molecule has 0 heterocycles. The Morgan fingerprint density at radius 1 is 0.525 bits per heavy atom. The summed E-state index contributed by atoms with van der Waals surface area (Å²) in [5.41, 5.74) is 0.483. The highest BCUT2D eigenvalue weighted by Gasteiger charge is 2.25. The summed E-state index contributed by atoms with van der Waals surface area (Å²) in [5, 5.41) is 17.6. The fraction of sp³-hybridized carbons (Fsp3) is 0.588. The molecule has 224 valence electrons. The molecule has 2 aromatic rings. The van der Waals surface area contributed by atoms with Crippen molar-refractivity contribution >= 4 is 23.7 Å². The first-order valence-corrected chi connectivity index (χ1v) is 16.3. The predicted octanol–water partition coefficient (Wildman–Crippen LogP) is 9.80. The summed E-state index contributed by atoms with van der Waals surface area (Å²) in [6.45, 7) is 15.1. The van der Waals surface area contributed by atoms with Gasteiger partial charge < -0.3 is 14.7 Å². The predicted molar refractivity (Wildman–Crippen MR) is 169 cm³/mol. The normalized spacial score (nSPS) is 11.1. The number of carboxylic acid groups (broad SMARTS) is 2. The molecule has 0 aliphatic rings. The molecule has 0 aliphatic heterocycles. The molecule has 0 saturated carbocycles. The fourth-order valence-electron chi connectivity index (χ4n) is 4.93. The summed E-state index contributed by atoms with van der Waals surface area (Å²) in [6, 6.07) is 13.0. The Hall–Kier alpha value is -2.31. The molecule has 0 aliphatic carbocycles. The van der Waals surface area contributed by atoms with Gasteiger partial charge in [0.05, 0.1) is 37.3 Å². The molecule has 2 N–H and O–H groups in total. The third-order valence-electron chi connectivity index (χ3n) is 7.38. The van der Waals surface area contributed by atoms with Crippen LogP contribution in [0.2, 0.25) is 0 Å². The molecule has 0 amide bonds. The fourth-order valence-corrected chi connectivity index (χ4v) is 5.74. The maximum Gasteiger partial charge on any atom is 0.335 e. The van der Waals surface area contributed by atoms with Gasteiger partial charge in [0.2, 0.25) is 0 Å². The number of aromatic carboxylic acids is 2. The Labute approximate surface area is 248 Å². The largest absolute Gasteiger partial charge is 0.478 e. The molecule has 5 nitrogen and oxygen atoms in total. The van der Waals surface area contributed by atoms with Gasteiger partial charge in [0.15, 0.2) is 0 Å². The first-order valence-electron chi connectivity index (χ1n) is 15.5. The van der Waals surface area contributed by atoms with E-state index in [1.807, 2.05) is 0 Å². The van der Waals surface area contributed by atoms with E-state index >= 15 is 0 Å². The summed E-state index contributed by atoms with van der Waals surface area (Å²) < 4.78 is 1.44. The van der Waals surface area contributed by atoms with Crippen LogP contribution in [-0.2, 0) is 0 Å². The Bertz CT molecular complexity index is 842. The lowest BCUT2D eigenvalue weighted by Gasteiger charge is -2.39. The number of carboxylic acids is 2. The summed E-state index contributed by atoms with van der Waals surface area (Å²) in [4.78, 5) is 23.2. The van der Waals surface area contributed by atoms with E-state index in [9.17, 15) is 9.59 Å². The van der Waals surface area contributed by atoms with Crippen molar-refractivity contribution in [2.75, 3.05) is 26.2 Å². The molecular weight excluding hydrogens is 518 g/mol. The standard InChI is InChI=1S/C20H44N.C14H10O4S/c1-5-9-13-17-21(18-14-10-6-2,19-15-11-7-3)20-16-12-8-4;15-13(16)9-1-5-11(6-2-9)19-12-7-3-10(4-8-12)14(17)18/h5-20H2,1-4H3;1-8H,(H,15,16)(H,17,18)/q+1;. The second kappa shape index (κ2) is 21.4. The van der Waals surface area contributed by atoms with Crippen LogP contribution in [0.15, 0.2) is 58.3 Å². The molecule has 0 unspecified atom stereocenters. The van der Waals surface area contributed by atoms with Crippen molar-refractivity contribution in [1.29, 1.82) is 0 Å². The number of hydrogen-bond acceptors (Lipinski definition) is 3. The SMILES string of the molecule is CCCCC[N+](CCCCC)(CCCCC)CCCCC.O=C(O)c1ccc(Sc2ccc(C(=O)O)cc2)cc1.